The molecule has 216 valence electrons. The van der Waals surface area contributed by atoms with Gasteiger partial charge in [0.15, 0.2) is 0 Å². The molecule has 0 aromatic heterocycles. The summed E-state index contributed by atoms with van der Waals surface area (Å²) in [6, 6.07) is -0.305. The SMILES string of the molecule is CCC(C)NCCOC(C)(C)COC(C)(C)CCC(=O)N[C@@H](CCCCNC(=O)CCC(C)=O)C(N)=O. The van der Waals surface area contributed by atoms with E-state index in [9.17, 15) is 19.2 Å². The zero-order valence-corrected chi connectivity index (χ0v) is 24.2. The van der Waals surface area contributed by atoms with Crippen molar-refractivity contribution in [2.45, 2.75) is 123 Å². The van der Waals surface area contributed by atoms with Crippen molar-refractivity contribution in [3.63, 3.8) is 0 Å². The van der Waals surface area contributed by atoms with E-state index in [2.05, 4.69) is 29.8 Å². The van der Waals surface area contributed by atoms with Crippen LogP contribution in [0.2, 0.25) is 0 Å². The fourth-order valence-corrected chi connectivity index (χ4v) is 3.31. The highest BCUT2D eigenvalue weighted by atomic mass is 16.6. The van der Waals surface area contributed by atoms with Gasteiger partial charge in [-0.05, 0) is 73.6 Å². The molecule has 0 heterocycles. The van der Waals surface area contributed by atoms with Crippen molar-refractivity contribution in [2.75, 3.05) is 26.3 Å². The molecule has 1 unspecified atom stereocenters. The number of nitrogens with one attached hydrogen (secondary N) is 3. The Morgan fingerprint density at radius 3 is 2.16 bits per heavy atom. The number of ether oxygens (including phenoxy) is 2. The second-order valence-electron chi connectivity index (χ2n) is 11.0. The molecule has 0 bridgehead atoms. The molecule has 0 rings (SSSR count). The molecule has 0 aliphatic heterocycles. The van der Waals surface area contributed by atoms with Crippen LogP contribution in [0.25, 0.3) is 0 Å². The van der Waals surface area contributed by atoms with E-state index < -0.39 is 23.2 Å². The first-order valence-corrected chi connectivity index (χ1v) is 13.5. The maximum Gasteiger partial charge on any atom is 0.239 e. The highest BCUT2D eigenvalue weighted by Gasteiger charge is 2.27. The highest BCUT2D eigenvalue weighted by Crippen LogP contribution is 2.21. The van der Waals surface area contributed by atoms with Crippen molar-refractivity contribution < 1.29 is 28.7 Å². The molecule has 0 aliphatic rings. The number of ketones is 1. The number of hydrogen-bond donors (Lipinski definition) is 4. The van der Waals surface area contributed by atoms with Crippen LogP contribution >= 0.6 is 0 Å². The molecule has 0 saturated carbocycles. The van der Waals surface area contributed by atoms with Crippen molar-refractivity contribution in [1.29, 1.82) is 0 Å². The van der Waals surface area contributed by atoms with Crippen molar-refractivity contribution in [3.05, 3.63) is 0 Å². The molecule has 5 N–H and O–H groups in total. The first-order valence-electron chi connectivity index (χ1n) is 13.5. The van der Waals surface area contributed by atoms with Crippen molar-refractivity contribution >= 4 is 23.5 Å². The minimum atomic E-state index is -0.763. The van der Waals surface area contributed by atoms with Gasteiger partial charge in [-0.1, -0.05) is 6.92 Å². The van der Waals surface area contributed by atoms with Crippen molar-refractivity contribution in [2.24, 2.45) is 5.73 Å². The Balaban J connectivity index is 4.30. The number of primary amides is 1. The van der Waals surface area contributed by atoms with Crippen LogP contribution in [0, 0.1) is 0 Å². The molecule has 0 fully saturated rings. The molecule has 10 heteroatoms. The molecule has 37 heavy (non-hydrogen) atoms. The van der Waals surface area contributed by atoms with Crippen LogP contribution in [0.3, 0.4) is 0 Å². The van der Waals surface area contributed by atoms with Crippen LogP contribution in [0.1, 0.15) is 99.8 Å². The normalized spacial score (nSPS) is 13.6. The van der Waals surface area contributed by atoms with E-state index in [0.717, 1.165) is 13.0 Å². The number of amides is 3. The van der Waals surface area contributed by atoms with E-state index in [0.29, 0.717) is 51.5 Å². The third kappa shape index (κ3) is 19.7. The second-order valence-corrected chi connectivity index (χ2v) is 11.0. The Bertz CT molecular complexity index is 711. The fourth-order valence-electron chi connectivity index (χ4n) is 3.31. The number of unbranched alkanes of at least 4 members (excludes halogenated alkanes) is 1. The lowest BCUT2D eigenvalue weighted by Gasteiger charge is -2.32. The zero-order chi connectivity index (χ0) is 28.5. The predicted octanol–water partition coefficient (Wildman–Crippen LogP) is 2.37. The lowest BCUT2D eigenvalue weighted by molar-refractivity contribution is -0.132. The number of carbonyl (C=O) groups excluding carboxylic acids is 4. The monoisotopic (exact) mass is 528 g/mol. The van der Waals surface area contributed by atoms with Crippen LogP contribution in [-0.2, 0) is 28.7 Å². The van der Waals surface area contributed by atoms with E-state index in [4.69, 9.17) is 15.2 Å². The largest absolute Gasteiger partial charge is 0.373 e. The summed E-state index contributed by atoms with van der Waals surface area (Å²) in [5, 5.41) is 8.85. The molecule has 0 aromatic rings. The van der Waals surface area contributed by atoms with Crippen LogP contribution in [0.5, 0.6) is 0 Å². The molecular weight excluding hydrogens is 476 g/mol. The van der Waals surface area contributed by atoms with Crippen molar-refractivity contribution in [1.82, 2.24) is 16.0 Å². The zero-order valence-electron chi connectivity index (χ0n) is 24.2. The molecule has 2 atom stereocenters. The first kappa shape index (κ1) is 35.0. The van der Waals surface area contributed by atoms with Crippen molar-refractivity contribution in [3.8, 4) is 0 Å². The summed E-state index contributed by atoms with van der Waals surface area (Å²) in [7, 11) is 0. The fraction of sp³-hybridized carbons (Fsp3) is 0.852. The van der Waals surface area contributed by atoms with Gasteiger partial charge in [-0.25, -0.2) is 0 Å². The number of nitrogens with two attached hydrogens (primary N) is 1. The maximum absolute atomic E-state index is 12.5. The molecule has 10 nitrogen and oxygen atoms in total. The first-order chi connectivity index (χ1) is 17.2. The van der Waals surface area contributed by atoms with Crippen LogP contribution < -0.4 is 21.7 Å². The van der Waals surface area contributed by atoms with Gasteiger partial charge in [0, 0.05) is 38.4 Å². The van der Waals surface area contributed by atoms with Gasteiger partial charge in [0.1, 0.15) is 11.8 Å². The Morgan fingerprint density at radius 2 is 1.57 bits per heavy atom. The van der Waals surface area contributed by atoms with Crippen LogP contribution in [-0.4, -0.2) is 73.1 Å². The summed E-state index contributed by atoms with van der Waals surface area (Å²) in [5.41, 5.74) is 4.47. The third-order valence-corrected chi connectivity index (χ3v) is 6.09. The van der Waals surface area contributed by atoms with Gasteiger partial charge in [0.05, 0.1) is 24.4 Å². The average molecular weight is 529 g/mol. The molecular formula is C27H52N4O6. The second kappa shape index (κ2) is 18.3. The number of hydrogen-bond acceptors (Lipinski definition) is 7. The van der Waals surface area contributed by atoms with Gasteiger partial charge >= 0.3 is 0 Å². The standard InChI is InChI=1S/C27H52N4O6/c1-8-20(2)29-17-18-36-27(6,7)19-37-26(4,5)15-14-24(34)31-22(25(28)35)11-9-10-16-30-23(33)13-12-21(3)32/h20,22,29H,8-19H2,1-7H3,(H2,28,35)(H,30,33)(H,31,34)/t20?,22-/m0/s1. The quantitative estimate of drug-likeness (QED) is 0.158. The summed E-state index contributed by atoms with van der Waals surface area (Å²) >= 11 is 0. The minimum absolute atomic E-state index is 0.0244. The lowest BCUT2D eigenvalue weighted by Crippen LogP contribution is -2.45. The maximum atomic E-state index is 12.5. The van der Waals surface area contributed by atoms with Crippen LogP contribution in [0.15, 0.2) is 0 Å². The summed E-state index contributed by atoms with van der Waals surface area (Å²) in [4.78, 5) is 46.8. The van der Waals surface area contributed by atoms with Gasteiger partial charge in [-0.3, -0.25) is 14.4 Å². The van der Waals surface area contributed by atoms with E-state index >= 15 is 0 Å². The topological polar surface area (TPSA) is 149 Å². The van der Waals surface area contributed by atoms with Gasteiger partial charge in [0.25, 0.3) is 0 Å². The van der Waals surface area contributed by atoms with Gasteiger partial charge in [-0.2, -0.15) is 0 Å². The summed E-state index contributed by atoms with van der Waals surface area (Å²) < 4.78 is 12.0. The Morgan fingerprint density at radius 1 is 0.892 bits per heavy atom. The van der Waals surface area contributed by atoms with E-state index in [1.165, 1.54) is 6.92 Å². The van der Waals surface area contributed by atoms with Gasteiger partial charge in [0.2, 0.25) is 17.7 Å². The average Bonchev–Trinajstić information content (AvgIpc) is 2.81. The predicted molar refractivity (Wildman–Crippen MR) is 145 cm³/mol. The number of rotatable bonds is 22. The van der Waals surface area contributed by atoms with Gasteiger partial charge < -0.3 is 36.0 Å². The Labute approximate surface area is 223 Å². The van der Waals surface area contributed by atoms with Gasteiger partial charge in [-0.15, -0.1) is 0 Å². The molecule has 0 spiro atoms. The molecule has 3 amide bonds. The van der Waals surface area contributed by atoms with Crippen LogP contribution in [0.4, 0.5) is 0 Å². The minimum Gasteiger partial charge on any atom is -0.373 e. The van der Waals surface area contributed by atoms with E-state index in [1.54, 1.807) is 0 Å². The van der Waals surface area contributed by atoms with E-state index in [1.807, 2.05) is 27.7 Å². The van der Waals surface area contributed by atoms with E-state index in [-0.39, 0.29) is 36.9 Å². The summed E-state index contributed by atoms with van der Waals surface area (Å²) in [6.07, 6.45) is 3.78. The third-order valence-electron chi connectivity index (χ3n) is 6.09. The molecule has 0 radical (unpaired) electrons. The molecule has 0 saturated heterocycles. The Kier molecular flexibility index (Phi) is 17.2. The Hall–Kier alpha value is -2.04. The molecule has 0 aromatic carbocycles. The number of Topliss-reactive ketones (excluding diaryl/α,β-unsaturated/α-hetero) is 1. The summed E-state index contributed by atoms with van der Waals surface area (Å²) in [5.74, 6) is -1.04. The summed E-state index contributed by atoms with van der Waals surface area (Å²) in [6.45, 7) is 15.7. The highest BCUT2D eigenvalue weighted by molar-refractivity contribution is 5.86. The lowest BCUT2D eigenvalue weighted by atomic mass is 10.0. The molecule has 0 aliphatic carbocycles. The number of carbonyl (C=O) groups is 4. The smallest absolute Gasteiger partial charge is 0.239 e.